The topological polar surface area (TPSA) is 37.3 Å². The smallest absolute Gasteiger partial charge is 0.192 e. The highest BCUT2D eigenvalue weighted by Gasteiger charge is 2.29. The molecule has 0 amide bonds. The highest BCUT2D eigenvalue weighted by molar-refractivity contribution is 9.11. The number of aliphatic hydroxyl groups is 1. The van der Waals surface area contributed by atoms with Gasteiger partial charge < -0.3 is 5.11 Å². The van der Waals surface area contributed by atoms with Crippen molar-refractivity contribution in [3.05, 3.63) is 32.7 Å². The number of hydrogen-bond donors (Lipinski definition) is 1. The van der Waals surface area contributed by atoms with Gasteiger partial charge in [-0.1, -0.05) is 64.4 Å². The van der Waals surface area contributed by atoms with Gasteiger partial charge in [-0.3, -0.25) is 4.79 Å². The number of thioether (sulfide) groups is 1. The Kier molecular flexibility index (Phi) is 5.70. The first-order valence-corrected chi connectivity index (χ1v) is 8.31. The number of halogens is 2. The highest BCUT2D eigenvalue weighted by Crippen LogP contribution is 2.34. The SMILES string of the molecule is CC(C)(C)SC(=O)C[C@@](C)(O)c1cc(Br)cc(Br)c1. The van der Waals surface area contributed by atoms with Crippen LogP contribution in [0, 0.1) is 0 Å². The minimum atomic E-state index is -1.17. The van der Waals surface area contributed by atoms with E-state index < -0.39 is 5.60 Å². The van der Waals surface area contributed by atoms with E-state index >= 15 is 0 Å². The molecule has 0 aliphatic heterocycles. The maximum atomic E-state index is 12.0. The zero-order chi connectivity index (χ0) is 14.8. The first kappa shape index (κ1) is 17.2. The number of carbonyl (C=O) groups excluding carboxylic acids is 1. The molecule has 2 nitrogen and oxygen atoms in total. The maximum Gasteiger partial charge on any atom is 0.192 e. The van der Waals surface area contributed by atoms with Crippen molar-refractivity contribution in [3.8, 4) is 0 Å². The van der Waals surface area contributed by atoms with Crippen molar-refractivity contribution in [1.29, 1.82) is 0 Å². The predicted molar refractivity (Wildman–Crippen MR) is 88.4 cm³/mol. The van der Waals surface area contributed by atoms with Crippen LogP contribution in [0.2, 0.25) is 0 Å². The van der Waals surface area contributed by atoms with Gasteiger partial charge in [-0.05, 0) is 30.7 Å². The quantitative estimate of drug-likeness (QED) is 0.773. The van der Waals surface area contributed by atoms with Gasteiger partial charge in [0.25, 0.3) is 0 Å². The van der Waals surface area contributed by atoms with Crippen LogP contribution >= 0.6 is 43.6 Å². The molecule has 1 rings (SSSR count). The molecule has 0 heterocycles. The maximum absolute atomic E-state index is 12.0. The lowest BCUT2D eigenvalue weighted by Crippen LogP contribution is -2.26. The molecule has 0 spiro atoms. The van der Waals surface area contributed by atoms with Gasteiger partial charge in [-0.15, -0.1) is 0 Å². The van der Waals surface area contributed by atoms with Gasteiger partial charge in [0, 0.05) is 20.1 Å². The Balaban J connectivity index is 2.88. The molecule has 0 aromatic heterocycles. The fourth-order valence-corrected chi connectivity index (χ4v) is 3.96. The lowest BCUT2D eigenvalue weighted by molar-refractivity contribution is -0.115. The lowest BCUT2D eigenvalue weighted by atomic mass is 9.93. The molecule has 0 aliphatic carbocycles. The average molecular weight is 410 g/mol. The molecule has 0 radical (unpaired) electrons. The summed E-state index contributed by atoms with van der Waals surface area (Å²) in [6, 6.07) is 5.56. The molecule has 5 heteroatoms. The summed E-state index contributed by atoms with van der Waals surface area (Å²) in [7, 11) is 0. The van der Waals surface area contributed by atoms with E-state index in [4.69, 9.17) is 0 Å². The van der Waals surface area contributed by atoms with Crippen molar-refractivity contribution < 1.29 is 9.90 Å². The Bertz CT molecular complexity index is 459. The van der Waals surface area contributed by atoms with Crippen molar-refractivity contribution in [2.75, 3.05) is 0 Å². The predicted octanol–water partition coefficient (Wildman–Crippen LogP) is 4.87. The van der Waals surface area contributed by atoms with E-state index in [1.807, 2.05) is 39.0 Å². The second-order valence-corrected chi connectivity index (χ2v) is 9.41. The van der Waals surface area contributed by atoms with E-state index in [-0.39, 0.29) is 16.3 Å². The standard InChI is InChI=1S/C14H18Br2O2S/c1-13(2,3)19-12(17)8-14(4,18)9-5-10(15)7-11(16)6-9/h5-7,18H,8H2,1-4H3/t14-/m1/s1. The summed E-state index contributed by atoms with van der Waals surface area (Å²) >= 11 is 8.04. The minimum Gasteiger partial charge on any atom is -0.385 e. The molecule has 1 aromatic rings. The molecule has 1 aromatic carbocycles. The molecular formula is C14H18Br2O2S. The van der Waals surface area contributed by atoms with Gasteiger partial charge in [-0.2, -0.15) is 0 Å². The monoisotopic (exact) mass is 408 g/mol. The number of carbonyl (C=O) groups is 1. The fourth-order valence-electron chi connectivity index (χ4n) is 1.63. The average Bonchev–Trinajstić information content (AvgIpc) is 2.11. The molecule has 1 atom stereocenters. The Labute approximate surface area is 135 Å². The lowest BCUT2D eigenvalue weighted by Gasteiger charge is -2.25. The van der Waals surface area contributed by atoms with Crippen LogP contribution in [-0.2, 0) is 10.4 Å². The van der Waals surface area contributed by atoms with Crippen LogP contribution < -0.4 is 0 Å². The van der Waals surface area contributed by atoms with Crippen molar-refractivity contribution in [1.82, 2.24) is 0 Å². The highest BCUT2D eigenvalue weighted by atomic mass is 79.9. The summed E-state index contributed by atoms with van der Waals surface area (Å²) in [6.45, 7) is 7.63. The van der Waals surface area contributed by atoms with Gasteiger partial charge in [0.2, 0.25) is 0 Å². The number of hydrogen-bond acceptors (Lipinski definition) is 3. The molecular weight excluding hydrogens is 392 g/mol. The first-order chi connectivity index (χ1) is 8.49. The zero-order valence-corrected chi connectivity index (χ0v) is 15.4. The third-order valence-electron chi connectivity index (χ3n) is 2.39. The Morgan fingerprint density at radius 3 is 2.05 bits per heavy atom. The van der Waals surface area contributed by atoms with Gasteiger partial charge >= 0.3 is 0 Å². The first-order valence-electron chi connectivity index (χ1n) is 5.90. The molecule has 0 aliphatic rings. The van der Waals surface area contributed by atoms with Gasteiger partial charge in [-0.25, -0.2) is 0 Å². The van der Waals surface area contributed by atoms with Crippen LogP contribution in [0.4, 0.5) is 0 Å². The van der Waals surface area contributed by atoms with E-state index in [0.717, 1.165) is 14.5 Å². The third kappa shape index (κ3) is 5.98. The fraction of sp³-hybridized carbons (Fsp3) is 0.500. The summed E-state index contributed by atoms with van der Waals surface area (Å²) in [6.07, 6.45) is 0.0951. The molecule has 0 bridgehead atoms. The van der Waals surface area contributed by atoms with E-state index in [0.29, 0.717) is 0 Å². The van der Waals surface area contributed by atoms with Crippen LogP contribution in [0.15, 0.2) is 27.1 Å². The molecule has 0 saturated heterocycles. The Morgan fingerprint density at radius 1 is 1.16 bits per heavy atom. The van der Waals surface area contributed by atoms with E-state index in [9.17, 15) is 9.90 Å². The van der Waals surface area contributed by atoms with Crippen molar-refractivity contribution >= 4 is 48.7 Å². The van der Waals surface area contributed by atoms with Crippen molar-refractivity contribution in [2.45, 2.75) is 44.5 Å². The normalized spacial score (nSPS) is 15.1. The van der Waals surface area contributed by atoms with E-state index in [2.05, 4.69) is 31.9 Å². The largest absolute Gasteiger partial charge is 0.385 e. The molecule has 0 unspecified atom stereocenters. The van der Waals surface area contributed by atoms with E-state index in [1.165, 1.54) is 11.8 Å². The van der Waals surface area contributed by atoms with Crippen LogP contribution in [0.25, 0.3) is 0 Å². The van der Waals surface area contributed by atoms with Crippen LogP contribution in [0.3, 0.4) is 0 Å². The Morgan fingerprint density at radius 2 is 1.63 bits per heavy atom. The summed E-state index contributed by atoms with van der Waals surface area (Å²) in [5.41, 5.74) is -0.446. The van der Waals surface area contributed by atoms with Gasteiger partial charge in [0.1, 0.15) is 0 Å². The molecule has 19 heavy (non-hydrogen) atoms. The molecule has 1 N–H and O–H groups in total. The summed E-state index contributed by atoms with van der Waals surface area (Å²) in [4.78, 5) is 12.0. The summed E-state index contributed by atoms with van der Waals surface area (Å²) < 4.78 is 1.60. The van der Waals surface area contributed by atoms with Crippen LogP contribution in [-0.4, -0.2) is 15.0 Å². The van der Waals surface area contributed by atoms with Crippen molar-refractivity contribution in [2.24, 2.45) is 0 Å². The summed E-state index contributed by atoms with van der Waals surface area (Å²) in [5, 5.41) is 10.5. The molecule has 0 fully saturated rings. The second kappa shape index (κ2) is 6.29. The van der Waals surface area contributed by atoms with Gasteiger partial charge in [0.05, 0.1) is 5.60 Å². The van der Waals surface area contributed by atoms with E-state index in [1.54, 1.807) is 6.92 Å². The Hall–Kier alpha value is 0.160. The third-order valence-corrected chi connectivity index (χ3v) is 4.29. The number of benzene rings is 1. The van der Waals surface area contributed by atoms with Gasteiger partial charge in [0.15, 0.2) is 5.12 Å². The summed E-state index contributed by atoms with van der Waals surface area (Å²) in [5.74, 6) is 0. The molecule has 106 valence electrons. The van der Waals surface area contributed by atoms with Crippen LogP contribution in [0.1, 0.15) is 39.7 Å². The van der Waals surface area contributed by atoms with Crippen molar-refractivity contribution in [3.63, 3.8) is 0 Å². The minimum absolute atomic E-state index is 0.00593. The zero-order valence-electron chi connectivity index (χ0n) is 11.5. The van der Waals surface area contributed by atoms with Crippen LogP contribution in [0.5, 0.6) is 0 Å². The number of rotatable bonds is 3. The molecule has 0 saturated carbocycles. The second-order valence-electron chi connectivity index (χ2n) is 5.70.